The molecule has 0 aliphatic carbocycles. The van der Waals surface area contributed by atoms with Gasteiger partial charge in [-0.1, -0.05) is 25.2 Å². The lowest BCUT2D eigenvalue weighted by molar-refractivity contribution is 0.0525. The Bertz CT molecular complexity index is 577. The Balaban J connectivity index is 2.32. The number of esters is 1. The molecule has 0 N–H and O–H groups in total. The molecule has 2 aromatic heterocycles. The van der Waals surface area contributed by atoms with Crippen molar-refractivity contribution in [1.29, 1.82) is 0 Å². The van der Waals surface area contributed by atoms with E-state index in [-0.39, 0.29) is 5.01 Å². The number of carbonyl (C=O) groups is 1. The van der Waals surface area contributed by atoms with Gasteiger partial charge in [0.05, 0.1) is 6.61 Å². The van der Waals surface area contributed by atoms with Crippen molar-refractivity contribution in [3.05, 3.63) is 16.7 Å². The Kier molecular flexibility index (Phi) is 4.20. The summed E-state index contributed by atoms with van der Waals surface area (Å²) in [6, 6.07) is 0. The van der Waals surface area contributed by atoms with Crippen LogP contribution >= 0.6 is 11.3 Å². The highest BCUT2D eigenvalue weighted by Crippen LogP contribution is 2.17. The van der Waals surface area contributed by atoms with E-state index in [0.717, 1.165) is 35.8 Å². The van der Waals surface area contributed by atoms with Crippen molar-refractivity contribution in [3.8, 4) is 5.13 Å². The number of hydrogen-bond donors (Lipinski definition) is 0. The second-order valence-electron chi connectivity index (χ2n) is 3.67. The van der Waals surface area contributed by atoms with Gasteiger partial charge in [0, 0.05) is 12.8 Å². The summed E-state index contributed by atoms with van der Waals surface area (Å²) in [4.78, 5) is 15.9. The van der Waals surface area contributed by atoms with E-state index in [1.165, 1.54) is 0 Å². The van der Waals surface area contributed by atoms with E-state index in [1.807, 2.05) is 13.8 Å². The van der Waals surface area contributed by atoms with Crippen LogP contribution in [0.2, 0.25) is 0 Å². The molecule has 0 spiro atoms. The van der Waals surface area contributed by atoms with E-state index < -0.39 is 5.97 Å². The molecule has 2 heterocycles. The van der Waals surface area contributed by atoms with E-state index in [9.17, 15) is 4.79 Å². The molecule has 0 unspecified atom stereocenters. The van der Waals surface area contributed by atoms with Gasteiger partial charge in [-0.15, -0.1) is 15.3 Å². The van der Waals surface area contributed by atoms with Crippen LogP contribution in [0.3, 0.4) is 0 Å². The number of rotatable bonds is 5. The third-order valence-corrected chi connectivity index (χ3v) is 3.27. The molecule has 7 nitrogen and oxygen atoms in total. The third kappa shape index (κ3) is 2.78. The average Bonchev–Trinajstić information content (AvgIpc) is 3.05. The molecular formula is C11H15N5O2S. The van der Waals surface area contributed by atoms with Crippen molar-refractivity contribution in [2.45, 2.75) is 33.6 Å². The number of carbonyl (C=O) groups excluding carboxylic acids is 1. The first kappa shape index (κ1) is 13.6. The molecule has 0 aliphatic rings. The molecule has 0 radical (unpaired) electrons. The van der Waals surface area contributed by atoms with Crippen LogP contribution in [-0.4, -0.2) is 37.5 Å². The van der Waals surface area contributed by atoms with Gasteiger partial charge >= 0.3 is 5.97 Å². The van der Waals surface area contributed by atoms with Crippen molar-refractivity contribution in [3.63, 3.8) is 0 Å². The molecule has 0 aromatic carbocycles. The molecule has 0 amide bonds. The Labute approximate surface area is 114 Å². The minimum atomic E-state index is -0.458. The van der Waals surface area contributed by atoms with Crippen molar-refractivity contribution < 1.29 is 9.53 Å². The fourth-order valence-corrected chi connectivity index (χ4v) is 2.21. The summed E-state index contributed by atoms with van der Waals surface area (Å²) in [5.41, 5.74) is 0. The van der Waals surface area contributed by atoms with E-state index in [2.05, 4.69) is 20.3 Å². The molecule has 0 fully saturated rings. The monoisotopic (exact) mass is 281 g/mol. The van der Waals surface area contributed by atoms with Gasteiger partial charge in [-0.05, 0) is 6.92 Å². The summed E-state index contributed by atoms with van der Waals surface area (Å²) in [6.45, 7) is 6.05. The van der Waals surface area contributed by atoms with Gasteiger partial charge in [-0.2, -0.15) is 4.68 Å². The van der Waals surface area contributed by atoms with E-state index in [1.54, 1.807) is 11.6 Å². The maximum atomic E-state index is 11.5. The predicted octanol–water partition coefficient (Wildman–Crippen LogP) is 1.42. The number of aromatic nitrogens is 5. The largest absolute Gasteiger partial charge is 0.461 e. The fourth-order valence-electron chi connectivity index (χ4n) is 1.50. The first-order valence-electron chi connectivity index (χ1n) is 6.15. The Morgan fingerprint density at radius 2 is 2.05 bits per heavy atom. The van der Waals surface area contributed by atoms with E-state index >= 15 is 0 Å². The highest BCUT2D eigenvalue weighted by molar-refractivity contribution is 7.15. The summed E-state index contributed by atoms with van der Waals surface area (Å²) in [5, 5.41) is 12.9. The number of hydrogen-bond acceptors (Lipinski definition) is 7. The normalized spacial score (nSPS) is 10.7. The molecule has 0 saturated heterocycles. The van der Waals surface area contributed by atoms with Gasteiger partial charge in [0.15, 0.2) is 5.82 Å². The van der Waals surface area contributed by atoms with Gasteiger partial charge < -0.3 is 4.74 Å². The molecule has 0 bridgehead atoms. The lowest BCUT2D eigenvalue weighted by Gasteiger charge is -1.97. The zero-order valence-corrected chi connectivity index (χ0v) is 11.9. The highest BCUT2D eigenvalue weighted by atomic mass is 32.1. The smallest absolute Gasteiger partial charge is 0.369 e. The summed E-state index contributed by atoms with van der Waals surface area (Å²) in [5.74, 6) is 1.10. The van der Waals surface area contributed by atoms with Crippen LogP contribution < -0.4 is 0 Å². The molecule has 102 valence electrons. The zero-order chi connectivity index (χ0) is 13.8. The van der Waals surface area contributed by atoms with Crippen LogP contribution in [0.5, 0.6) is 0 Å². The van der Waals surface area contributed by atoms with Gasteiger partial charge in [0.1, 0.15) is 5.82 Å². The molecule has 2 aromatic rings. The van der Waals surface area contributed by atoms with Crippen molar-refractivity contribution in [2.75, 3.05) is 6.61 Å². The van der Waals surface area contributed by atoms with Crippen LogP contribution in [0, 0.1) is 0 Å². The topological polar surface area (TPSA) is 82.8 Å². The lowest BCUT2D eigenvalue weighted by atomic mass is 10.4. The number of nitrogens with zero attached hydrogens (tertiary/aromatic N) is 5. The number of aryl methyl sites for hydroxylation is 2. The summed E-state index contributed by atoms with van der Waals surface area (Å²) in [7, 11) is 0. The van der Waals surface area contributed by atoms with Crippen LogP contribution in [0.25, 0.3) is 5.13 Å². The first-order chi connectivity index (χ1) is 9.19. The second kappa shape index (κ2) is 5.87. The predicted molar refractivity (Wildman–Crippen MR) is 69.5 cm³/mol. The van der Waals surface area contributed by atoms with Crippen molar-refractivity contribution in [2.24, 2.45) is 0 Å². The molecular weight excluding hydrogens is 266 g/mol. The van der Waals surface area contributed by atoms with Gasteiger partial charge in [0.25, 0.3) is 0 Å². The Hall–Kier alpha value is -1.83. The maximum absolute atomic E-state index is 11.5. The molecule has 19 heavy (non-hydrogen) atoms. The summed E-state index contributed by atoms with van der Waals surface area (Å²) < 4.78 is 6.52. The van der Waals surface area contributed by atoms with Crippen molar-refractivity contribution in [1.82, 2.24) is 25.0 Å². The SMILES string of the molecule is CCOC(=O)c1nnc(-n2nc(CC)nc2CC)s1. The molecule has 0 aliphatic heterocycles. The van der Waals surface area contributed by atoms with Crippen LogP contribution in [0.4, 0.5) is 0 Å². The molecule has 0 atom stereocenters. The minimum absolute atomic E-state index is 0.229. The zero-order valence-electron chi connectivity index (χ0n) is 11.1. The van der Waals surface area contributed by atoms with Gasteiger partial charge in [-0.3, -0.25) is 0 Å². The molecule has 2 rings (SSSR count). The first-order valence-corrected chi connectivity index (χ1v) is 6.97. The Morgan fingerprint density at radius 1 is 1.26 bits per heavy atom. The quantitative estimate of drug-likeness (QED) is 0.771. The second-order valence-corrected chi connectivity index (χ2v) is 4.63. The van der Waals surface area contributed by atoms with Crippen LogP contribution in [-0.2, 0) is 17.6 Å². The van der Waals surface area contributed by atoms with Crippen LogP contribution in [0.1, 0.15) is 42.2 Å². The highest BCUT2D eigenvalue weighted by Gasteiger charge is 2.17. The lowest BCUT2D eigenvalue weighted by Crippen LogP contribution is -2.03. The molecule has 0 saturated carbocycles. The standard InChI is InChI=1S/C11H15N5O2S/c1-4-7-12-8(5-2)16(15-7)11-14-13-9(19-11)10(17)18-6-3/h4-6H2,1-3H3. The minimum Gasteiger partial charge on any atom is -0.461 e. The fraction of sp³-hybridized carbons (Fsp3) is 0.545. The Morgan fingerprint density at radius 3 is 2.68 bits per heavy atom. The van der Waals surface area contributed by atoms with E-state index in [0.29, 0.717) is 11.7 Å². The summed E-state index contributed by atoms with van der Waals surface area (Å²) >= 11 is 1.15. The van der Waals surface area contributed by atoms with Gasteiger partial charge in [0.2, 0.25) is 10.1 Å². The van der Waals surface area contributed by atoms with Crippen molar-refractivity contribution >= 4 is 17.3 Å². The maximum Gasteiger partial charge on any atom is 0.369 e. The van der Waals surface area contributed by atoms with Gasteiger partial charge in [-0.25, -0.2) is 9.78 Å². The third-order valence-electron chi connectivity index (χ3n) is 2.40. The number of ether oxygens (including phenoxy) is 1. The average molecular weight is 281 g/mol. The van der Waals surface area contributed by atoms with Crippen LogP contribution in [0.15, 0.2) is 0 Å². The van der Waals surface area contributed by atoms with E-state index in [4.69, 9.17) is 4.74 Å². The molecule has 8 heteroatoms. The summed E-state index contributed by atoms with van der Waals surface area (Å²) in [6.07, 6.45) is 1.49.